The Morgan fingerprint density at radius 1 is 1.35 bits per heavy atom. The average Bonchev–Trinajstić information content (AvgIpc) is 2.36. The summed E-state index contributed by atoms with van der Waals surface area (Å²) in [4.78, 5) is 21.5. The number of nitrogens with one attached hydrogen (secondary N) is 1. The second kappa shape index (κ2) is 7.50. The Morgan fingerprint density at radius 2 is 2.00 bits per heavy atom. The van der Waals surface area contributed by atoms with Crippen molar-refractivity contribution in [3.63, 3.8) is 0 Å². The van der Waals surface area contributed by atoms with E-state index in [-0.39, 0.29) is 13.0 Å². The van der Waals surface area contributed by atoms with Gasteiger partial charge in [0.1, 0.15) is 24.4 Å². The van der Waals surface area contributed by atoms with Crippen LogP contribution in [0.3, 0.4) is 0 Å². The summed E-state index contributed by atoms with van der Waals surface area (Å²) >= 11 is 0. The first-order valence-corrected chi connectivity index (χ1v) is 6.09. The van der Waals surface area contributed by atoms with Gasteiger partial charge >= 0.3 is 5.97 Å². The maximum absolute atomic E-state index is 11.1. The third kappa shape index (κ3) is 4.39. The Labute approximate surface area is 115 Å². The van der Waals surface area contributed by atoms with Crippen molar-refractivity contribution < 1.29 is 39.5 Å². The highest BCUT2D eigenvalue weighted by atomic mass is 16.6. The molecule has 1 aliphatic heterocycles. The van der Waals surface area contributed by atoms with E-state index >= 15 is 0 Å². The molecule has 5 N–H and O–H groups in total. The van der Waals surface area contributed by atoms with Crippen molar-refractivity contribution in [2.24, 2.45) is 0 Å². The van der Waals surface area contributed by atoms with E-state index in [0.29, 0.717) is 0 Å². The smallest absolute Gasteiger partial charge is 0.305 e. The van der Waals surface area contributed by atoms with Gasteiger partial charge in [-0.15, -0.1) is 0 Å². The van der Waals surface area contributed by atoms with Crippen LogP contribution in [0.15, 0.2) is 0 Å². The third-order valence-electron chi connectivity index (χ3n) is 2.87. The summed E-state index contributed by atoms with van der Waals surface area (Å²) < 4.78 is 10.2. The van der Waals surface area contributed by atoms with Crippen LogP contribution >= 0.6 is 0 Å². The first-order chi connectivity index (χ1) is 9.36. The van der Waals surface area contributed by atoms with Gasteiger partial charge in [0.05, 0.1) is 19.6 Å². The molecule has 1 saturated heterocycles. The summed E-state index contributed by atoms with van der Waals surface area (Å²) in [7, 11) is 0. The van der Waals surface area contributed by atoms with Gasteiger partial charge in [0, 0.05) is 6.92 Å². The lowest BCUT2D eigenvalue weighted by Gasteiger charge is -2.42. The van der Waals surface area contributed by atoms with Gasteiger partial charge in [0.2, 0.25) is 5.91 Å². The monoisotopic (exact) mass is 293 g/mol. The summed E-state index contributed by atoms with van der Waals surface area (Å²) in [5.74, 6) is -1.55. The van der Waals surface area contributed by atoms with Gasteiger partial charge in [-0.3, -0.25) is 9.59 Å². The van der Waals surface area contributed by atoms with Crippen LogP contribution in [0.25, 0.3) is 0 Å². The summed E-state index contributed by atoms with van der Waals surface area (Å²) in [6, 6.07) is -1.06. The molecule has 5 atom stereocenters. The normalized spacial score (nSPS) is 33.7. The molecule has 20 heavy (non-hydrogen) atoms. The molecule has 1 fully saturated rings. The van der Waals surface area contributed by atoms with Gasteiger partial charge < -0.3 is 35.2 Å². The molecule has 9 nitrogen and oxygen atoms in total. The summed E-state index contributed by atoms with van der Waals surface area (Å²) in [5.41, 5.74) is 0. The van der Waals surface area contributed by atoms with Crippen LogP contribution in [0.1, 0.15) is 13.3 Å². The van der Waals surface area contributed by atoms with Crippen LogP contribution in [-0.4, -0.2) is 76.2 Å². The van der Waals surface area contributed by atoms with Crippen LogP contribution in [0.5, 0.6) is 0 Å². The lowest BCUT2D eigenvalue weighted by molar-refractivity contribution is -0.262. The summed E-state index contributed by atoms with van der Waals surface area (Å²) in [6.07, 6.45) is -5.25. The van der Waals surface area contributed by atoms with E-state index in [1.165, 1.54) is 6.92 Å². The number of ether oxygens (including phenoxy) is 2. The van der Waals surface area contributed by atoms with Crippen molar-refractivity contribution >= 4 is 11.9 Å². The standard InChI is InChI=1S/C11H19NO8/c1-5(14)12-8-10(19-3-2-7(15)16)9(17)6(4-13)20-11(8)18/h6,8-11,13,17-18H,2-4H2,1H3,(H,12,14)(H,15,16). The topological polar surface area (TPSA) is 146 Å². The van der Waals surface area contributed by atoms with Crippen LogP contribution < -0.4 is 5.32 Å². The number of rotatable bonds is 6. The Morgan fingerprint density at radius 3 is 2.50 bits per heavy atom. The Bertz CT molecular complexity index is 349. The molecule has 0 aliphatic carbocycles. The zero-order valence-corrected chi connectivity index (χ0v) is 10.9. The van der Waals surface area contributed by atoms with Gasteiger partial charge in [0.25, 0.3) is 0 Å². The Kier molecular flexibility index (Phi) is 6.30. The number of amides is 1. The van der Waals surface area contributed by atoms with Crippen molar-refractivity contribution in [2.45, 2.75) is 44.0 Å². The lowest BCUT2D eigenvalue weighted by atomic mass is 9.96. The van der Waals surface area contributed by atoms with Gasteiger partial charge in [-0.2, -0.15) is 0 Å². The average molecular weight is 293 g/mol. The van der Waals surface area contributed by atoms with E-state index in [4.69, 9.17) is 19.7 Å². The minimum atomic E-state index is -1.48. The van der Waals surface area contributed by atoms with Crippen molar-refractivity contribution in [1.29, 1.82) is 0 Å². The minimum Gasteiger partial charge on any atom is -0.481 e. The molecule has 1 heterocycles. The maximum Gasteiger partial charge on any atom is 0.305 e. The zero-order valence-electron chi connectivity index (χ0n) is 10.9. The number of aliphatic hydroxyl groups excluding tert-OH is 3. The second-order valence-corrected chi connectivity index (χ2v) is 4.44. The molecule has 0 bridgehead atoms. The second-order valence-electron chi connectivity index (χ2n) is 4.44. The van der Waals surface area contributed by atoms with Crippen molar-refractivity contribution in [2.75, 3.05) is 13.2 Å². The van der Waals surface area contributed by atoms with Crippen LogP contribution in [0.2, 0.25) is 0 Å². The molecule has 1 rings (SSSR count). The fraction of sp³-hybridized carbons (Fsp3) is 0.818. The molecule has 0 spiro atoms. The van der Waals surface area contributed by atoms with Gasteiger partial charge in [-0.1, -0.05) is 0 Å². The first kappa shape index (κ1) is 16.8. The number of carbonyl (C=O) groups excluding carboxylic acids is 1. The predicted molar refractivity (Wildman–Crippen MR) is 63.6 cm³/mol. The molecule has 9 heteroatoms. The van der Waals surface area contributed by atoms with Crippen molar-refractivity contribution in [3.05, 3.63) is 0 Å². The van der Waals surface area contributed by atoms with Crippen molar-refractivity contribution in [1.82, 2.24) is 5.32 Å². The maximum atomic E-state index is 11.1. The highest BCUT2D eigenvalue weighted by Gasteiger charge is 2.45. The van der Waals surface area contributed by atoms with E-state index in [1.807, 2.05) is 0 Å². The minimum absolute atomic E-state index is 0.210. The highest BCUT2D eigenvalue weighted by molar-refractivity contribution is 5.73. The molecular weight excluding hydrogens is 274 g/mol. The fourth-order valence-corrected chi connectivity index (χ4v) is 1.95. The zero-order chi connectivity index (χ0) is 15.3. The first-order valence-electron chi connectivity index (χ1n) is 6.09. The van der Waals surface area contributed by atoms with E-state index in [9.17, 15) is 19.8 Å². The third-order valence-corrected chi connectivity index (χ3v) is 2.87. The van der Waals surface area contributed by atoms with Gasteiger partial charge in [-0.25, -0.2) is 0 Å². The van der Waals surface area contributed by atoms with E-state index in [1.54, 1.807) is 0 Å². The summed E-state index contributed by atoms with van der Waals surface area (Å²) in [5, 5.41) is 39.7. The van der Waals surface area contributed by atoms with Gasteiger partial charge in [-0.05, 0) is 0 Å². The Balaban J connectivity index is 2.76. The van der Waals surface area contributed by atoms with Crippen LogP contribution in [0.4, 0.5) is 0 Å². The molecule has 0 aromatic carbocycles. The van der Waals surface area contributed by atoms with E-state index in [2.05, 4.69) is 5.32 Å². The number of aliphatic hydroxyl groups is 3. The SMILES string of the molecule is CC(=O)NC1C(O)OC(CO)C(O)C1OCCC(=O)O. The Hall–Kier alpha value is -1.26. The van der Waals surface area contributed by atoms with E-state index < -0.39 is 49.1 Å². The van der Waals surface area contributed by atoms with E-state index in [0.717, 1.165) is 0 Å². The number of hydrogen-bond donors (Lipinski definition) is 5. The highest BCUT2D eigenvalue weighted by Crippen LogP contribution is 2.22. The molecule has 5 unspecified atom stereocenters. The molecular formula is C11H19NO8. The predicted octanol–water partition coefficient (Wildman–Crippen LogP) is -2.58. The number of carbonyl (C=O) groups is 2. The largest absolute Gasteiger partial charge is 0.481 e. The summed E-state index contributed by atoms with van der Waals surface area (Å²) in [6.45, 7) is 0.452. The molecule has 0 radical (unpaired) electrons. The molecule has 0 saturated carbocycles. The fourth-order valence-electron chi connectivity index (χ4n) is 1.95. The van der Waals surface area contributed by atoms with Crippen LogP contribution in [-0.2, 0) is 19.1 Å². The van der Waals surface area contributed by atoms with Gasteiger partial charge in [0.15, 0.2) is 6.29 Å². The van der Waals surface area contributed by atoms with Crippen molar-refractivity contribution in [3.8, 4) is 0 Å². The molecule has 1 amide bonds. The quantitative estimate of drug-likeness (QED) is 0.359. The number of carboxylic acids is 1. The molecule has 0 aromatic heterocycles. The molecule has 0 aromatic rings. The number of hydrogen-bond acceptors (Lipinski definition) is 7. The molecule has 116 valence electrons. The number of carboxylic acid groups (broad SMARTS) is 1. The number of aliphatic carboxylic acids is 1. The van der Waals surface area contributed by atoms with Crippen LogP contribution in [0, 0.1) is 0 Å². The molecule has 1 aliphatic rings. The lowest BCUT2D eigenvalue weighted by Crippen LogP contribution is -2.64.